The maximum atomic E-state index is 13.3. The summed E-state index contributed by atoms with van der Waals surface area (Å²) in [7, 11) is 0. The molecule has 2 aliphatic heterocycles. The first kappa shape index (κ1) is 28.5. The first-order chi connectivity index (χ1) is 17.4. The Kier molecular flexibility index (Phi) is 9.26. The molecule has 1 aromatic carbocycles. The zero-order valence-corrected chi connectivity index (χ0v) is 23.1. The summed E-state index contributed by atoms with van der Waals surface area (Å²) >= 11 is 6.24. The van der Waals surface area contributed by atoms with E-state index in [4.69, 9.17) is 16.3 Å². The van der Waals surface area contributed by atoms with E-state index in [2.05, 4.69) is 22.1 Å². The molecule has 2 atom stereocenters. The van der Waals surface area contributed by atoms with Crippen LogP contribution in [0.2, 0.25) is 5.02 Å². The van der Waals surface area contributed by atoms with E-state index < -0.39 is 12.0 Å². The highest BCUT2D eigenvalue weighted by Gasteiger charge is 2.39. The quantitative estimate of drug-likeness (QED) is 0.411. The molecule has 4 amide bonds. The largest absolute Gasteiger partial charge is 0.463 e. The van der Waals surface area contributed by atoms with Gasteiger partial charge in [0.15, 0.2) is 0 Å². The van der Waals surface area contributed by atoms with E-state index >= 15 is 0 Å². The van der Waals surface area contributed by atoms with Crippen LogP contribution in [-0.2, 0) is 9.53 Å². The van der Waals surface area contributed by atoms with E-state index in [9.17, 15) is 14.4 Å². The zero-order chi connectivity index (χ0) is 27.3. The Balaban J connectivity index is 1.96. The summed E-state index contributed by atoms with van der Waals surface area (Å²) in [6.07, 6.45) is 1.62. The number of hydrogen-bond acceptors (Lipinski definition) is 5. The van der Waals surface area contributed by atoms with Crippen molar-refractivity contribution in [3.8, 4) is 0 Å². The van der Waals surface area contributed by atoms with Crippen LogP contribution < -0.4 is 10.6 Å². The van der Waals surface area contributed by atoms with Crippen LogP contribution in [0.5, 0.6) is 0 Å². The molecule has 2 heterocycles. The predicted octanol–water partition coefficient (Wildman–Crippen LogP) is 3.92. The van der Waals surface area contributed by atoms with Gasteiger partial charge in [-0.3, -0.25) is 9.80 Å². The summed E-state index contributed by atoms with van der Waals surface area (Å²) in [4.78, 5) is 44.9. The minimum Gasteiger partial charge on any atom is -0.463 e. The van der Waals surface area contributed by atoms with Gasteiger partial charge in [0.2, 0.25) is 0 Å². The Morgan fingerprint density at radius 2 is 2.03 bits per heavy atom. The van der Waals surface area contributed by atoms with Crippen LogP contribution in [0.15, 0.2) is 48.2 Å². The Hall–Kier alpha value is -3.04. The first-order valence-corrected chi connectivity index (χ1v) is 13.0. The molecule has 9 nitrogen and oxygen atoms in total. The van der Waals surface area contributed by atoms with Gasteiger partial charge in [-0.05, 0) is 52.3 Å². The molecule has 0 radical (unpaired) electrons. The lowest BCUT2D eigenvalue weighted by molar-refractivity contribution is -0.139. The van der Waals surface area contributed by atoms with Crippen LogP contribution in [0, 0.1) is 0 Å². The SMILES string of the molecule is C=CCN1C(=O)N[C@@H](c2cccc(Cl)c2)C(C(=O)OCC)=C1CN1CCN(C(=O)NC(C)(C)C)[C@H](C)C1. The molecule has 0 aliphatic carbocycles. The maximum Gasteiger partial charge on any atom is 0.338 e. The lowest BCUT2D eigenvalue weighted by atomic mass is 9.94. The van der Waals surface area contributed by atoms with Crippen molar-refractivity contribution in [3.63, 3.8) is 0 Å². The molecule has 0 unspecified atom stereocenters. The summed E-state index contributed by atoms with van der Waals surface area (Å²) in [5.41, 5.74) is 1.29. The van der Waals surface area contributed by atoms with Crippen molar-refractivity contribution in [3.05, 3.63) is 58.8 Å². The third-order valence-corrected chi connectivity index (χ3v) is 6.49. The molecule has 2 N–H and O–H groups in total. The molecule has 37 heavy (non-hydrogen) atoms. The van der Waals surface area contributed by atoms with E-state index in [-0.39, 0.29) is 36.8 Å². The molecular formula is C27H38ClN5O4. The van der Waals surface area contributed by atoms with Crippen LogP contribution >= 0.6 is 11.6 Å². The number of benzene rings is 1. The number of nitrogens with zero attached hydrogens (tertiary/aromatic N) is 3. The monoisotopic (exact) mass is 531 g/mol. The number of ether oxygens (including phenoxy) is 1. The minimum atomic E-state index is -0.711. The van der Waals surface area contributed by atoms with E-state index in [0.29, 0.717) is 48.0 Å². The Bertz CT molecular complexity index is 1070. The fourth-order valence-corrected chi connectivity index (χ4v) is 4.86. The molecule has 1 saturated heterocycles. The summed E-state index contributed by atoms with van der Waals surface area (Å²) < 4.78 is 5.45. The number of halogens is 1. The summed E-state index contributed by atoms with van der Waals surface area (Å²) in [6.45, 7) is 15.9. The number of esters is 1. The molecule has 0 spiro atoms. The van der Waals surface area contributed by atoms with Crippen molar-refractivity contribution in [1.82, 2.24) is 25.3 Å². The van der Waals surface area contributed by atoms with Gasteiger partial charge in [0, 0.05) is 55.0 Å². The number of carbonyl (C=O) groups is 3. The predicted molar refractivity (Wildman–Crippen MR) is 144 cm³/mol. The topological polar surface area (TPSA) is 94.2 Å². The smallest absolute Gasteiger partial charge is 0.338 e. The van der Waals surface area contributed by atoms with Gasteiger partial charge in [-0.25, -0.2) is 14.4 Å². The van der Waals surface area contributed by atoms with Crippen LogP contribution in [0.3, 0.4) is 0 Å². The molecule has 202 valence electrons. The van der Waals surface area contributed by atoms with Crippen LogP contribution in [0.25, 0.3) is 0 Å². The fraction of sp³-hybridized carbons (Fsp3) is 0.519. The number of rotatable bonds is 7. The van der Waals surface area contributed by atoms with Crippen molar-refractivity contribution in [2.45, 2.75) is 52.2 Å². The summed E-state index contributed by atoms with van der Waals surface area (Å²) in [5.74, 6) is -0.493. The zero-order valence-electron chi connectivity index (χ0n) is 22.3. The highest BCUT2D eigenvalue weighted by molar-refractivity contribution is 6.30. The van der Waals surface area contributed by atoms with Gasteiger partial charge in [0.1, 0.15) is 0 Å². The highest BCUT2D eigenvalue weighted by atomic mass is 35.5. The lowest BCUT2D eigenvalue weighted by Gasteiger charge is -2.43. The number of nitrogens with one attached hydrogen (secondary N) is 2. The molecule has 10 heteroatoms. The van der Waals surface area contributed by atoms with Crippen LogP contribution in [0.4, 0.5) is 9.59 Å². The van der Waals surface area contributed by atoms with E-state index in [1.54, 1.807) is 31.2 Å². The number of carbonyl (C=O) groups excluding carboxylic acids is 3. The van der Waals surface area contributed by atoms with Gasteiger partial charge in [0.25, 0.3) is 0 Å². The van der Waals surface area contributed by atoms with E-state index in [0.717, 1.165) is 0 Å². The minimum absolute atomic E-state index is 0.0586. The standard InChI is InChI=1S/C27H38ClN5O4/c1-7-12-33-21(17-31-13-14-32(18(3)16-31)26(36)30-27(4,5)6)22(24(34)37-8-2)23(29-25(33)35)19-10-9-11-20(28)15-19/h7,9-11,15,18,23H,1,8,12-14,16-17H2,2-6H3,(H,29,35)(H,30,36)/t18-,23+/m1/s1. The average molecular weight is 532 g/mol. The third-order valence-electron chi connectivity index (χ3n) is 6.26. The molecular weight excluding hydrogens is 494 g/mol. The average Bonchev–Trinajstić information content (AvgIpc) is 2.80. The van der Waals surface area contributed by atoms with Gasteiger partial charge < -0.3 is 20.3 Å². The van der Waals surface area contributed by atoms with Crippen molar-refractivity contribution < 1.29 is 19.1 Å². The molecule has 0 aromatic heterocycles. The van der Waals surface area contributed by atoms with Gasteiger partial charge in [0.05, 0.1) is 18.2 Å². The lowest BCUT2D eigenvalue weighted by Crippen LogP contribution is -2.59. The molecule has 1 aromatic rings. The Morgan fingerprint density at radius 3 is 2.62 bits per heavy atom. The van der Waals surface area contributed by atoms with Crippen molar-refractivity contribution in [2.24, 2.45) is 0 Å². The molecule has 0 saturated carbocycles. The Morgan fingerprint density at radius 1 is 1.30 bits per heavy atom. The van der Waals surface area contributed by atoms with Gasteiger partial charge >= 0.3 is 18.0 Å². The van der Waals surface area contributed by atoms with Crippen molar-refractivity contribution in [2.75, 3.05) is 39.3 Å². The van der Waals surface area contributed by atoms with Gasteiger partial charge in [-0.1, -0.05) is 29.8 Å². The molecule has 1 fully saturated rings. The Labute approximate surface area is 224 Å². The number of urea groups is 2. The normalized spacial score (nSPS) is 21.0. The first-order valence-electron chi connectivity index (χ1n) is 12.6. The second-order valence-electron chi connectivity index (χ2n) is 10.4. The molecule has 3 rings (SSSR count). The number of piperazine rings is 1. The maximum absolute atomic E-state index is 13.3. The van der Waals surface area contributed by atoms with E-state index in [1.165, 1.54) is 4.90 Å². The second-order valence-corrected chi connectivity index (χ2v) is 10.8. The fourth-order valence-electron chi connectivity index (χ4n) is 4.66. The molecule has 2 aliphatic rings. The summed E-state index contributed by atoms with van der Waals surface area (Å²) in [6, 6.07) is 5.89. The van der Waals surface area contributed by atoms with Gasteiger partial charge in [-0.2, -0.15) is 0 Å². The van der Waals surface area contributed by atoms with Crippen LogP contribution in [-0.4, -0.2) is 83.6 Å². The third kappa shape index (κ3) is 7.05. The summed E-state index contributed by atoms with van der Waals surface area (Å²) in [5, 5.41) is 6.47. The number of amides is 4. The van der Waals surface area contributed by atoms with Crippen molar-refractivity contribution in [1.29, 1.82) is 0 Å². The highest BCUT2D eigenvalue weighted by Crippen LogP contribution is 2.33. The second kappa shape index (κ2) is 12.0. The molecule has 0 bridgehead atoms. The van der Waals surface area contributed by atoms with Gasteiger partial charge in [-0.15, -0.1) is 6.58 Å². The van der Waals surface area contributed by atoms with E-state index in [1.807, 2.05) is 38.7 Å². The van der Waals surface area contributed by atoms with Crippen molar-refractivity contribution >= 4 is 29.6 Å². The van der Waals surface area contributed by atoms with Crippen LogP contribution in [0.1, 0.15) is 46.2 Å². The number of hydrogen-bond donors (Lipinski definition) is 2.